The molecule has 0 aromatic rings. The minimum absolute atomic E-state index is 0.140. The first kappa shape index (κ1) is 18.2. The second kappa shape index (κ2) is 8.15. The first-order valence-corrected chi connectivity index (χ1v) is 9.87. The number of hydrogen-bond acceptors (Lipinski definition) is 4. The molecule has 0 aromatic carbocycles. The van der Waals surface area contributed by atoms with Crippen molar-refractivity contribution in [2.75, 3.05) is 32.8 Å². The molecule has 0 spiro atoms. The fourth-order valence-corrected chi connectivity index (χ4v) is 4.39. The van der Waals surface area contributed by atoms with Crippen LogP contribution < -0.4 is 5.32 Å². The number of piperidine rings is 1. The first-order valence-electron chi connectivity index (χ1n) is 9.87. The van der Waals surface area contributed by atoms with Gasteiger partial charge in [-0.1, -0.05) is 6.92 Å². The lowest BCUT2D eigenvalue weighted by Crippen LogP contribution is -2.51. The van der Waals surface area contributed by atoms with E-state index in [0.717, 1.165) is 76.9 Å². The summed E-state index contributed by atoms with van der Waals surface area (Å²) in [7, 11) is 0. The summed E-state index contributed by atoms with van der Waals surface area (Å²) in [6.07, 6.45) is 7.89. The Morgan fingerprint density at radius 2 is 1.75 bits per heavy atom. The molecule has 0 unspecified atom stereocenters. The Morgan fingerprint density at radius 1 is 1.12 bits per heavy atom. The van der Waals surface area contributed by atoms with Crippen molar-refractivity contribution in [2.24, 2.45) is 11.8 Å². The number of rotatable bonds is 4. The Morgan fingerprint density at radius 3 is 2.38 bits per heavy atom. The van der Waals surface area contributed by atoms with Gasteiger partial charge in [-0.2, -0.15) is 0 Å². The van der Waals surface area contributed by atoms with E-state index in [1.165, 1.54) is 0 Å². The van der Waals surface area contributed by atoms with E-state index in [2.05, 4.69) is 17.1 Å². The summed E-state index contributed by atoms with van der Waals surface area (Å²) < 4.78 is 5.33. The van der Waals surface area contributed by atoms with Crippen LogP contribution in [0.25, 0.3) is 0 Å². The molecule has 2 saturated heterocycles. The lowest BCUT2D eigenvalue weighted by atomic mass is 9.79. The van der Waals surface area contributed by atoms with Gasteiger partial charge in [0.25, 0.3) is 0 Å². The van der Waals surface area contributed by atoms with Crippen LogP contribution in [-0.4, -0.2) is 60.4 Å². The van der Waals surface area contributed by atoms with Crippen molar-refractivity contribution in [3.05, 3.63) is 0 Å². The van der Waals surface area contributed by atoms with Gasteiger partial charge in [0.2, 0.25) is 5.91 Å². The molecule has 1 aliphatic carbocycles. The minimum Gasteiger partial charge on any atom is -0.389 e. The van der Waals surface area contributed by atoms with Crippen LogP contribution in [0, 0.1) is 11.8 Å². The highest BCUT2D eigenvalue weighted by molar-refractivity contribution is 5.79. The zero-order valence-corrected chi connectivity index (χ0v) is 15.1. The number of nitrogens with zero attached hydrogens (tertiary/aromatic N) is 1. The first-order chi connectivity index (χ1) is 11.5. The van der Waals surface area contributed by atoms with E-state index >= 15 is 0 Å². The number of carbonyl (C=O) groups excluding carboxylic acids is 1. The summed E-state index contributed by atoms with van der Waals surface area (Å²) in [5.41, 5.74) is -0.481. The van der Waals surface area contributed by atoms with Gasteiger partial charge in [-0.05, 0) is 57.3 Å². The largest absolute Gasteiger partial charge is 0.389 e. The maximum absolute atomic E-state index is 12.3. The molecule has 0 atom stereocenters. The van der Waals surface area contributed by atoms with Crippen LogP contribution in [0.3, 0.4) is 0 Å². The van der Waals surface area contributed by atoms with Crippen LogP contribution in [0.4, 0.5) is 0 Å². The monoisotopic (exact) mass is 338 g/mol. The van der Waals surface area contributed by atoms with E-state index in [1.54, 1.807) is 0 Å². The molecule has 3 fully saturated rings. The summed E-state index contributed by atoms with van der Waals surface area (Å²) in [4.78, 5) is 14.7. The predicted octanol–water partition coefficient (Wildman–Crippen LogP) is 1.93. The molecule has 3 aliphatic rings. The molecule has 2 aliphatic heterocycles. The van der Waals surface area contributed by atoms with Crippen LogP contribution in [-0.2, 0) is 9.53 Å². The Bertz CT molecular complexity index is 407. The van der Waals surface area contributed by atoms with Crippen LogP contribution in [0.1, 0.15) is 58.3 Å². The summed E-state index contributed by atoms with van der Waals surface area (Å²) in [5, 5.41) is 14.0. The Balaban J connectivity index is 1.38. The highest BCUT2D eigenvalue weighted by Gasteiger charge is 2.35. The van der Waals surface area contributed by atoms with Crippen molar-refractivity contribution in [3.8, 4) is 0 Å². The van der Waals surface area contributed by atoms with Gasteiger partial charge in [-0.25, -0.2) is 0 Å². The molecule has 5 nitrogen and oxygen atoms in total. The molecule has 1 amide bonds. The van der Waals surface area contributed by atoms with Crippen LogP contribution in [0.5, 0.6) is 0 Å². The maximum atomic E-state index is 12.3. The Kier molecular flexibility index (Phi) is 6.17. The quantitative estimate of drug-likeness (QED) is 0.822. The standard InChI is InChI=1S/C19H34N2O3/c1-15-2-8-19(23,9-3-15)14-21-10-4-17(5-11-21)20-18(22)16-6-12-24-13-7-16/h15-17,23H,2-14H2,1H3,(H,20,22). The van der Waals surface area contributed by atoms with Gasteiger partial charge in [0.15, 0.2) is 0 Å². The molecular formula is C19H34N2O3. The van der Waals surface area contributed by atoms with Crippen molar-refractivity contribution in [1.29, 1.82) is 0 Å². The molecule has 0 bridgehead atoms. The molecular weight excluding hydrogens is 304 g/mol. The second-order valence-electron chi connectivity index (χ2n) is 8.35. The molecule has 5 heteroatoms. The van der Waals surface area contributed by atoms with Gasteiger partial charge < -0.3 is 20.1 Å². The van der Waals surface area contributed by atoms with Crippen LogP contribution in [0.15, 0.2) is 0 Å². The number of nitrogens with one attached hydrogen (secondary N) is 1. The predicted molar refractivity (Wildman–Crippen MR) is 93.7 cm³/mol. The third kappa shape index (κ3) is 4.93. The molecule has 24 heavy (non-hydrogen) atoms. The summed E-state index contributed by atoms with van der Waals surface area (Å²) in [6, 6.07) is 0.303. The zero-order valence-electron chi connectivity index (χ0n) is 15.1. The molecule has 0 radical (unpaired) electrons. The van der Waals surface area contributed by atoms with Crippen LogP contribution >= 0.6 is 0 Å². The van der Waals surface area contributed by atoms with Crippen LogP contribution in [0.2, 0.25) is 0 Å². The second-order valence-corrected chi connectivity index (χ2v) is 8.35. The van der Waals surface area contributed by atoms with E-state index in [0.29, 0.717) is 19.3 Å². The molecule has 2 heterocycles. The number of likely N-dealkylation sites (tertiary alicyclic amines) is 1. The summed E-state index contributed by atoms with van der Waals surface area (Å²) in [5.74, 6) is 1.12. The number of amides is 1. The highest BCUT2D eigenvalue weighted by Crippen LogP contribution is 2.33. The van der Waals surface area contributed by atoms with Gasteiger partial charge in [0.1, 0.15) is 0 Å². The third-order valence-corrected chi connectivity index (χ3v) is 6.25. The lowest BCUT2D eigenvalue weighted by molar-refractivity contribution is -0.129. The lowest BCUT2D eigenvalue weighted by Gasteiger charge is -2.41. The van der Waals surface area contributed by atoms with Gasteiger partial charge in [0.05, 0.1) is 5.60 Å². The van der Waals surface area contributed by atoms with Crippen molar-refractivity contribution in [1.82, 2.24) is 10.2 Å². The number of ether oxygens (including phenoxy) is 1. The Hall–Kier alpha value is -0.650. The summed E-state index contributed by atoms with van der Waals surface area (Å²) in [6.45, 7) is 6.49. The third-order valence-electron chi connectivity index (χ3n) is 6.25. The average molecular weight is 338 g/mol. The van der Waals surface area contributed by atoms with E-state index in [-0.39, 0.29) is 11.8 Å². The highest BCUT2D eigenvalue weighted by atomic mass is 16.5. The maximum Gasteiger partial charge on any atom is 0.223 e. The molecule has 0 aromatic heterocycles. The van der Waals surface area contributed by atoms with Gasteiger partial charge in [-0.3, -0.25) is 4.79 Å². The minimum atomic E-state index is -0.481. The van der Waals surface area contributed by atoms with Crippen molar-refractivity contribution >= 4 is 5.91 Å². The van der Waals surface area contributed by atoms with E-state index in [1.807, 2.05) is 0 Å². The molecule has 3 rings (SSSR count). The van der Waals surface area contributed by atoms with E-state index < -0.39 is 5.60 Å². The average Bonchev–Trinajstić information content (AvgIpc) is 2.60. The fraction of sp³-hybridized carbons (Fsp3) is 0.947. The van der Waals surface area contributed by atoms with E-state index in [9.17, 15) is 9.90 Å². The smallest absolute Gasteiger partial charge is 0.223 e. The molecule has 2 N–H and O–H groups in total. The molecule has 1 saturated carbocycles. The normalized spacial score (nSPS) is 34.2. The van der Waals surface area contributed by atoms with E-state index in [4.69, 9.17) is 4.74 Å². The van der Waals surface area contributed by atoms with Crippen molar-refractivity contribution in [2.45, 2.75) is 69.9 Å². The molecule has 138 valence electrons. The zero-order chi connectivity index (χ0) is 17.0. The van der Waals surface area contributed by atoms with Gasteiger partial charge in [0, 0.05) is 44.8 Å². The van der Waals surface area contributed by atoms with Gasteiger partial charge in [-0.15, -0.1) is 0 Å². The number of hydrogen-bond donors (Lipinski definition) is 2. The van der Waals surface area contributed by atoms with Crippen molar-refractivity contribution < 1.29 is 14.6 Å². The summed E-state index contributed by atoms with van der Waals surface area (Å²) >= 11 is 0. The topological polar surface area (TPSA) is 61.8 Å². The Labute approximate surface area is 146 Å². The number of aliphatic hydroxyl groups is 1. The SMILES string of the molecule is CC1CCC(O)(CN2CCC(NC(=O)C3CCOCC3)CC2)CC1. The number of carbonyl (C=O) groups is 1. The van der Waals surface area contributed by atoms with Crippen molar-refractivity contribution in [3.63, 3.8) is 0 Å². The van der Waals surface area contributed by atoms with Gasteiger partial charge >= 0.3 is 0 Å². The fourth-order valence-electron chi connectivity index (χ4n) is 4.39. The number of β-amino-alcohol motifs (C(OH)–C–C–N with tert-alkyl or cyclic N) is 1.